The molecule has 0 amide bonds. The van der Waals surface area contributed by atoms with Gasteiger partial charge in [0, 0.05) is 0 Å². The molecule has 0 fully saturated rings. The maximum atomic E-state index is 8.89. The second-order valence-electron chi connectivity index (χ2n) is 1.63. The molecular weight excluding hydrogens is 153 g/mol. The molecule has 46 valence electrons. The number of phenolic OH excluding ortho intramolecular Hbond substituents is 1. The summed E-state index contributed by atoms with van der Waals surface area (Å²) in [7, 11) is 0. The van der Waals surface area contributed by atoms with Gasteiger partial charge in [-0.1, -0.05) is 12.1 Å². The smallest absolute Gasteiger partial charge is 1.00 e. The zero-order chi connectivity index (χ0) is 6.69. The van der Waals surface area contributed by atoms with Gasteiger partial charge in [-0.3, -0.25) is 0 Å². The first-order valence-electron chi connectivity index (χ1n) is 2.52. The normalized spacial score (nSPS) is 7.50. The summed E-state index contributed by atoms with van der Waals surface area (Å²) in [6.45, 7) is 0. The van der Waals surface area contributed by atoms with Gasteiger partial charge in [0.05, 0.1) is 5.56 Å². The molecule has 0 aromatic heterocycles. The summed E-state index contributed by atoms with van der Waals surface area (Å²) >= 11 is 0. The van der Waals surface area contributed by atoms with E-state index in [1.165, 1.54) is 6.07 Å². The van der Waals surface area contributed by atoms with Gasteiger partial charge in [-0.05, 0) is 12.1 Å². The summed E-state index contributed by atoms with van der Waals surface area (Å²) in [6, 6.07) is 8.28. The van der Waals surface area contributed by atoms with Gasteiger partial charge < -0.3 is 6.53 Å². The van der Waals surface area contributed by atoms with Crippen LogP contribution < -0.4 is 51.4 Å². The van der Waals surface area contributed by atoms with Crippen molar-refractivity contribution < 1.29 is 57.9 Å². The first kappa shape index (κ1) is 10.1. The summed E-state index contributed by atoms with van der Waals surface area (Å²) in [6.07, 6.45) is 0. The number of rotatable bonds is 0. The molecule has 0 aliphatic rings. The van der Waals surface area contributed by atoms with E-state index in [0.717, 1.165) is 0 Å². The molecule has 0 aliphatic carbocycles. The van der Waals surface area contributed by atoms with Crippen molar-refractivity contribution in [2.45, 2.75) is 0 Å². The molecule has 10 heavy (non-hydrogen) atoms. The molecule has 1 N–H and O–H groups in total. The maximum Gasteiger partial charge on any atom is 1.00 e. The van der Waals surface area contributed by atoms with Crippen LogP contribution in [-0.4, -0.2) is 5.11 Å². The Labute approximate surface area is 103 Å². The Morgan fingerprint density at radius 3 is 2.40 bits per heavy atom. The zero-order valence-electron chi connectivity index (χ0n) is 6.70. The third-order valence-corrected chi connectivity index (χ3v) is 1.02. The molecule has 0 bridgehead atoms. The molecule has 0 spiro atoms. The molecule has 0 atom stereocenters. The minimum Gasteiger partial charge on any atom is -1.00 e. The largest absolute Gasteiger partial charge is 1.00 e. The summed E-state index contributed by atoms with van der Waals surface area (Å²) in [5, 5.41) is 17.2. The number of para-hydroxylation sites is 1. The van der Waals surface area contributed by atoms with E-state index in [4.69, 9.17) is 10.4 Å². The van der Waals surface area contributed by atoms with Gasteiger partial charge in [0.2, 0.25) is 0 Å². The van der Waals surface area contributed by atoms with Gasteiger partial charge in [-0.2, -0.15) is 5.26 Å². The number of hydrogen-bond donors (Lipinski definition) is 1. The molecule has 0 unspecified atom stereocenters. The minimum absolute atomic E-state index is 0. The summed E-state index contributed by atoms with van der Waals surface area (Å²) in [5.41, 5.74) is 0.317. The quantitative estimate of drug-likeness (QED) is 0.462. The Morgan fingerprint density at radius 1 is 1.40 bits per heavy atom. The molecule has 1 aromatic rings. The molecule has 2 nitrogen and oxygen atoms in total. The summed E-state index contributed by atoms with van der Waals surface area (Å²) < 4.78 is 0. The number of aromatic hydroxyl groups is 1. The van der Waals surface area contributed by atoms with E-state index in [1.807, 2.05) is 6.07 Å². The molecule has 3 heteroatoms. The van der Waals surface area contributed by atoms with Crippen molar-refractivity contribution in [2.75, 3.05) is 0 Å². The number of phenols is 1. The van der Waals surface area contributed by atoms with E-state index in [1.54, 1.807) is 18.2 Å². The average molecular weight is 159 g/mol. The van der Waals surface area contributed by atoms with Crippen LogP contribution in [0.4, 0.5) is 0 Å². The van der Waals surface area contributed by atoms with E-state index in [2.05, 4.69) is 0 Å². The SMILES string of the molecule is N#Cc1ccccc1O.[H-].[K+]. The molecule has 0 saturated heterocycles. The van der Waals surface area contributed by atoms with Crippen molar-refractivity contribution in [1.29, 1.82) is 5.26 Å². The van der Waals surface area contributed by atoms with Crippen LogP contribution in [0.2, 0.25) is 0 Å². The van der Waals surface area contributed by atoms with Gasteiger partial charge in [0.15, 0.2) is 0 Å². The zero-order valence-corrected chi connectivity index (χ0v) is 8.83. The van der Waals surface area contributed by atoms with Crippen LogP contribution in [0.5, 0.6) is 5.75 Å². The van der Waals surface area contributed by atoms with E-state index in [0.29, 0.717) is 5.56 Å². The van der Waals surface area contributed by atoms with Crippen LogP contribution in [0.3, 0.4) is 0 Å². The topological polar surface area (TPSA) is 44.0 Å². The van der Waals surface area contributed by atoms with Crippen molar-refractivity contribution >= 4 is 0 Å². The number of benzene rings is 1. The maximum absolute atomic E-state index is 8.89. The Hall–Kier alpha value is 0.146. The Bertz CT molecular complexity index is 259. The Kier molecular flexibility index (Phi) is 4.96. The van der Waals surface area contributed by atoms with Gasteiger partial charge in [0.25, 0.3) is 0 Å². The third kappa shape index (κ3) is 2.41. The standard InChI is InChI=1S/C7H5NO.K.H/c8-5-6-3-1-2-4-7(6)9;;/h1-4,9H;;/q;+1;-1. The second kappa shape index (κ2) is 4.89. The van der Waals surface area contributed by atoms with Crippen molar-refractivity contribution in [2.24, 2.45) is 0 Å². The number of hydrogen-bond acceptors (Lipinski definition) is 2. The molecule has 0 saturated carbocycles. The average Bonchev–Trinajstić information content (AvgIpc) is 1.89. The van der Waals surface area contributed by atoms with Crippen LogP contribution in [0.1, 0.15) is 6.99 Å². The van der Waals surface area contributed by atoms with Crippen molar-refractivity contribution in [3.05, 3.63) is 29.8 Å². The molecule has 1 aromatic carbocycles. The van der Waals surface area contributed by atoms with Crippen molar-refractivity contribution in [1.82, 2.24) is 0 Å². The molecule has 0 heterocycles. The Balaban J connectivity index is 0. The number of nitrogens with zero attached hydrogens (tertiary/aromatic N) is 1. The van der Waals surface area contributed by atoms with Crippen LogP contribution in [0.15, 0.2) is 24.3 Å². The van der Waals surface area contributed by atoms with E-state index in [-0.39, 0.29) is 58.6 Å². The van der Waals surface area contributed by atoms with Gasteiger partial charge >= 0.3 is 51.4 Å². The fourth-order valence-corrected chi connectivity index (χ4v) is 0.568. The first-order chi connectivity index (χ1) is 4.34. The molecule has 0 aliphatic heterocycles. The molecular formula is C7H6KNO. The van der Waals surface area contributed by atoms with E-state index in [9.17, 15) is 0 Å². The fraction of sp³-hybridized carbons (Fsp3) is 0. The third-order valence-electron chi connectivity index (χ3n) is 1.02. The van der Waals surface area contributed by atoms with Gasteiger partial charge in [0.1, 0.15) is 11.8 Å². The van der Waals surface area contributed by atoms with Crippen LogP contribution in [0, 0.1) is 11.3 Å². The molecule has 0 radical (unpaired) electrons. The fourth-order valence-electron chi connectivity index (χ4n) is 0.568. The van der Waals surface area contributed by atoms with Gasteiger partial charge in [-0.25, -0.2) is 0 Å². The molecule has 1 rings (SSSR count). The summed E-state index contributed by atoms with van der Waals surface area (Å²) in [5.74, 6) is 0.0417. The predicted molar refractivity (Wildman–Crippen MR) is 33.9 cm³/mol. The van der Waals surface area contributed by atoms with Crippen LogP contribution in [-0.2, 0) is 0 Å². The van der Waals surface area contributed by atoms with Crippen LogP contribution >= 0.6 is 0 Å². The minimum atomic E-state index is 0. The predicted octanol–water partition coefficient (Wildman–Crippen LogP) is -1.62. The monoisotopic (exact) mass is 159 g/mol. The summed E-state index contributed by atoms with van der Waals surface area (Å²) in [4.78, 5) is 0. The van der Waals surface area contributed by atoms with Crippen molar-refractivity contribution in [3.63, 3.8) is 0 Å². The van der Waals surface area contributed by atoms with E-state index < -0.39 is 0 Å². The van der Waals surface area contributed by atoms with Gasteiger partial charge in [-0.15, -0.1) is 0 Å². The Morgan fingerprint density at radius 2 is 2.00 bits per heavy atom. The van der Waals surface area contributed by atoms with E-state index >= 15 is 0 Å². The second-order valence-corrected chi connectivity index (χ2v) is 1.63. The number of nitriles is 1. The first-order valence-corrected chi connectivity index (χ1v) is 2.52. The van der Waals surface area contributed by atoms with Crippen molar-refractivity contribution in [3.8, 4) is 11.8 Å². The van der Waals surface area contributed by atoms with Crippen LogP contribution in [0.25, 0.3) is 0 Å².